The molecule has 1 nitrogen and oxygen atoms in total. The molecule has 1 fully saturated rings. The number of hydrogen-bond acceptors (Lipinski definition) is 1. The van der Waals surface area contributed by atoms with Gasteiger partial charge in [0.05, 0.1) is 10.7 Å². The molecule has 1 saturated heterocycles. The molecular weight excluding hydrogens is 255 g/mol. The van der Waals surface area contributed by atoms with Gasteiger partial charge < -0.3 is 4.90 Å². The Balaban J connectivity index is 2.14. The van der Waals surface area contributed by atoms with Crippen molar-refractivity contribution in [2.75, 3.05) is 18.0 Å². The highest BCUT2D eigenvalue weighted by atomic mass is 35.5. The van der Waals surface area contributed by atoms with Gasteiger partial charge in [-0.1, -0.05) is 23.2 Å². The fraction of sp³-hybridized carbons (Fsp3) is 0.455. The minimum Gasteiger partial charge on any atom is -0.370 e. The average molecular weight is 266 g/mol. The van der Waals surface area contributed by atoms with E-state index in [9.17, 15) is 8.78 Å². The lowest BCUT2D eigenvalue weighted by molar-refractivity contribution is -0.0220. The first-order valence-electron chi connectivity index (χ1n) is 5.06. The summed E-state index contributed by atoms with van der Waals surface area (Å²) in [7, 11) is 0. The SMILES string of the molecule is FC1(F)CCN(c2ccc(Cl)cc2Cl)CC1. The van der Waals surface area contributed by atoms with Crippen molar-refractivity contribution >= 4 is 28.9 Å². The summed E-state index contributed by atoms with van der Waals surface area (Å²) < 4.78 is 26.0. The molecule has 88 valence electrons. The molecule has 1 aromatic rings. The maximum Gasteiger partial charge on any atom is 0.251 e. The largest absolute Gasteiger partial charge is 0.370 e. The van der Waals surface area contributed by atoms with Crippen molar-refractivity contribution in [2.45, 2.75) is 18.8 Å². The molecule has 0 aliphatic carbocycles. The van der Waals surface area contributed by atoms with Crippen molar-refractivity contribution in [1.82, 2.24) is 0 Å². The lowest BCUT2D eigenvalue weighted by Gasteiger charge is -2.33. The molecule has 16 heavy (non-hydrogen) atoms. The minimum absolute atomic E-state index is 0.119. The van der Waals surface area contributed by atoms with E-state index in [0.717, 1.165) is 5.69 Å². The fourth-order valence-corrected chi connectivity index (χ4v) is 2.34. The second-order valence-electron chi connectivity index (χ2n) is 3.94. The maximum atomic E-state index is 13.0. The van der Waals surface area contributed by atoms with Crippen molar-refractivity contribution < 1.29 is 8.78 Å². The molecular formula is C11H11Cl2F2N. The molecule has 2 rings (SSSR count). The molecule has 1 heterocycles. The molecule has 0 atom stereocenters. The molecule has 0 saturated carbocycles. The van der Waals surface area contributed by atoms with Crippen molar-refractivity contribution in [3.63, 3.8) is 0 Å². The highest BCUT2D eigenvalue weighted by molar-refractivity contribution is 6.36. The zero-order chi connectivity index (χ0) is 11.8. The van der Waals surface area contributed by atoms with Gasteiger partial charge in [0.2, 0.25) is 0 Å². The standard InChI is InChI=1S/C11H11Cl2F2N/c12-8-1-2-10(9(13)7-8)16-5-3-11(14,15)4-6-16/h1-2,7H,3-6H2. The second-order valence-corrected chi connectivity index (χ2v) is 4.78. The Morgan fingerprint density at radius 2 is 1.75 bits per heavy atom. The predicted molar refractivity (Wildman–Crippen MR) is 62.9 cm³/mol. The van der Waals surface area contributed by atoms with Crippen molar-refractivity contribution in [3.05, 3.63) is 28.2 Å². The molecule has 5 heteroatoms. The lowest BCUT2D eigenvalue weighted by Crippen LogP contribution is -2.39. The van der Waals surface area contributed by atoms with Crippen LogP contribution in [0.3, 0.4) is 0 Å². The number of anilines is 1. The molecule has 0 spiro atoms. The van der Waals surface area contributed by atoms with Gasteiger partial charge in [-0.15, -0.1) is 0 Å². The molecule has 0 radical (unpaired) electrons. The van der Waals surface area contributed by atoms with Crippen LogP contribution >= 0.6 is 23.2 Å². The van der Waals surface area contributed by atoms with Gasteiger partial charge in [0.15, 0.2) is 0 Å². The highest BCUT2D eigenvalue weighted by Gasteiger charge is 2.34. The second kappa shape index (κ2) is 4.38. The fourth-order valence-electron chi connectivity index (χ4n) is 1.81. The Morgan fingerprint density at radius 1 is 1.12 bits per heavy atom. The Kier molecular flexibility index (Phi) is 3.27. The number of alkyl halides is 2. The monoisotopic (exact) mass is 265 g/mol. The summed E-state index contributed by atoms with van der Waals surface area (Å²) in [5.41, 5.74) is 0.779. The van der Waals surface area contributed by atoms with Crippen LogP contribution in [-0.4, -0.2) is 19.0 Å². The van der Waals surface area contributed by atoms with Crippen LogP contribution in [0.4, 0.5) is 14.5 Å². The summed E-state index contributed by atoms with van der Waals surface area (Å²) in [6, 6.07) is 5.12. The summed E-state index contributed by atoms with van der Waals surface area (Å²) in [6.45, 7) is 0.655. The highest BCUT2D eigenvalue weighted by Crippen LogP contribution is 2.34. The van der Waals surface area contributed by atoms with Gasteiger partial charge in [0.1, 0.15) is 0 Å². The van der Waals surface area contributed by atoms with Gasteiger partial charge in [-0.25, -0.2) is 8.78 Å². The first kappa shape index (κ1) is 11.9. The van der Waals surface area contributed by atoms with E-state index in [4.69, 9.17) is 23.2 Å². The number of benzene rings is 1. The molecule has 1 aliphatic heterocycles. The Hall–Kier alpha value is -0.540. The zero-order valence-electron chi connectivity index (χ0n) is 8.52. The van der Waals surface area contributed by atoms with Crippen LogP contribution < -0.4 is 4.90 Å². The van der Waals surface area contributed by atoms with Crippen LogP contribution in [0.2, 0.25) is 10.0 Å². The van der Waals surface area contributed by atoms with E-state index in [0.29, 0.717) is 23.1 Å². The Labute approximate surface area is 103 Å². The van der Waals surface area contributed by atoms with Gasteiger partial charge in [0, 0.05) is 31.0 Å². The third-order valence-electron chi connectivity index (χ3n) is 2.75. The number of hydrogen-bond donors (Lipinski definition) is 0. The van der Waals surface area contributed by atoms with E-state index < -0.39 is 5.92 Å². The smallest absolute Gasteiger partial charge is 0.251 e. The zero-order valence-corrected chi connectivity index (χ0v) is 10.0. The summed E-state index contributed by atoms with van der Waals surface area (Å²) >= 11 is 11.8. The number of rotatable bonds is 1. The van der Waals surface area contributed by atoms with E-state index in [1.807, 2.05) is 4.90 Å². The van der Waals surface area contributed by atoms with Gasteiger partial charge in [-0.3, -0.25) is 0 Å². The van der Waals surface area contributed by atoms with E-state index >= 15 is 0 Å². The molecule has 0 N–H and O–H groups in total. The minimum atomic E-state index is -2.53. The van der Waals surface area contributed by atoms with Crippen molar-refractivity contribution in [2.24, 2.45) is 0 Å². The first-order valence-corrected chi connectivity index (χ1v) is 5.81. The number of piperidine rings is 1. The molecule has 0 unspecified atom stereocenters. The van der Waals surface area contributed by atoms with Crippen LogP contribution in [0.5, 0.6) is 0 Å². The molecule has 0 amide bonds. The Morgan fingerprint density at radius 3 is 2.31 bits per heavy atom. The van der Waals surface area contributed by atoms with E-state index in [2.05, 4.69) is 0 Å². The third-order valence-corrected chi connectivity index (χ3v) is 3.28. The molecule has 0 aromatic heterocycles. The van der Waals surface area contributed by atoms with Gasteiger partial charge in [-0.2, -0.15) is 0 Å². The lowest BCUT2D eigenvalue weighted by atomic mass is 10.1. The molecule has 1 aromatic carbocycles. The summed E-state index contributed by atoms with van der Waals surface area (Å²) in [5.74, 6) is -2.53. The normalized spacial score (nSPS) is 19.9. The summed E-state index contributed by atoms with van der Waals surface area (Å²) in [6.07, 6.45) is -0.238. The number of halogens is 4. The van der Waals surface area contributed by atoms with Crippen LogP contribution in [0.15, 0.2) is 18.2 Å². The van der Waals surface area contributed by atoms with E-state index in [1.165, 1.54) is 0 Å². The van der Waals surface area contributed by atoms with Crippen LogP contribution in [0.1, 0.15) is 12.8 Å². The van der Waals surface area contributed by atoms with E-state index in [1.54, 1.807) is 18.2 Å². The third kappa shape index (κ3) is 2.58. The first-order chi connectivity index (χ1) is 7.48. The molecule has 1 aliphatic rings. The van der Waals surface area contributed by atoms with E-state index in [-0.39, 0.29) is 12.8 Å². The van der Waals surface area contributed by atoms with Gasteiger partial charge in [-0.05, 0) is 18.2 Å². The van der Waals surface area contributed by atoms with Crippen LogP contribution in [0.25, 0.3) is 0 Å². The van der Waals surface area contributed by atoms with Crippen molar-refractivity contribution in [1.29, 1.82) is 0 Å². The molecule has 0 bridgehead atoms. The van der Waals surface area contributed by atoms with Gasteiger partial charge >= 0.3 is 0 Å². The Bertz CT molecular complexity index is 386. The predicted octanol–water partition coefficient (Wildman–Crippen LogP) is 4.23. The topological polar surface area (TPSA) is 3.24 Å². The quantitative estimate of drug-likeness (QED) is 0.735. The summed E-state index contributed by atoms with van der Waals surface area (Å²) in [5, 5.41) is 1.06. The number of nitrogens with zero attached hydrogens (tertiary/aromatic N) is 1. The van der Waals surface area contributed by atoms with Crippen LogP contribution in [-0.2, 0) is 0 Å². The maximum absolute atomic E-state index is 13.0. The summed E-state index contributed by atoms with van der Waals surface area (Å²) in [4.78, 5) is 1.87. The van der Waals surface area contributed by atoms with Crippen LogP contribution in [0, 0.1) is 0 Å². The van der Waals surface area contributed by atoms with Crippen molar-refractivity contribution in [3.8, 4) is 0 Å². The van der Waals surface area contributed by atoms with Gasteiger partial charge in [0.25, 0.3) is 5.92 Å². The average Bonchev–Trinajstić information content (AvgIpc) is 2.19.